The average molecular weight is 395 g/mol. The van der Waals surface area contributed by atoms with Crippen LogP contribution in [-0.4, -0.2) is 45.4 Å². The summed E-state index contributed by atoms with van der Waals surface area (Å²) in [5, 5.41) is 15.2. The maximum absolute atomic E-state index is 13.7. The third-order valence-corrected chi connectivity index (χ3v) is 4.28. The van der Waals surface area contributed by atoms with Gasteiger partial charge >= 0.3 is 6.03 Å². The maximum atomic E-state index is 13.7. The number of amides is 4. The summed E-state index contributed by atoms with van der Waals surface area (Å²) < 4.78 is 15.0. The molecular weight excluding hydrogens is 379 g/mol. The Bertz CT molecular complexity index is 867. The van der Waals surface area contributed by atoms with E-state index in [9.17, 15) is 18.8 Å². The van der Waals surface area contributed by atoms with Crippen LogP contribution < -0.4 is 16.0 Å². The van der Waals surface area contributed by atoms with Crippen molar-refractivity contribution >= 4 is 29.4 Å². The van der Waals surface area contributed by atoms with E-state index in [2.05, 4.69) is 26.3 Å². The molecule has 1 saturated heterocycles. The number of carbonyl (C=O) groups excluding carboxylic acids is 3. The van der Waals surface area contributed by atoms with E-state index in [-0.39, 0.29) is 31.8 Å². The smallest absolute Gasteiger partial charge is 0.322 e. The van der Waals surface area contributed by atoms with Gasteiger partial charge in [0.1, 0.15) is 18.4 Å². The first-order valence-electron chi connectivity index (χ1n) is 8.12. The lowest BCUT2D eigenvalue weighted by Gasteiger charge is -2.07. The molecule has 2 heterocycles. The number of carbonyl (C=O) groups is 3. The van der Waals surface area contributed by atoms with Crippen LogP contribution in [0.15, 0.2) is 24.4 Å². The van der Waals surface area contributed by atoms with Gasteiger partial charge in [0.25, 0.3) is 5.91 Å². The van der Waals surface area contributed by atoms with E-state index in [4.69, 9.17) is 11.6 Å². The Morgan fingerprint density at radius 1 is 1.37 bits per heavy atom. The van der Waals surface area contributed by atoms with Crippen molar-refractivity contribution in [1.29, 1.82) is 0 Å². The second kappa shape index (κ2) is 8.12. The topological polar surface area (TPSA) is 118 Å². The van der Waals surface area contributed by atoms with E-state index >= 15 is 0 Å². The van der Waals surface area contributed by atoms with Crippen molar-refractivity contribution in [3.63, 3.8) is 0 Å². The van der Waals surface area contributed by atoms with Crippen molar-refractivity contribution in [2.75, 3.05) is 6.54 Å². The summed E-state index contributed by atoms with van der Waals surface area (Å²) in [5.41, 5.74) is 0.808. The molecule has 3 rings (SSSR count). The Labute approximate surface area is 158 Å². The first-order valence-corrected chi connectivity index (χ1v) is 8.50. The van der Waals surface area contributed by atoms with Crippen molar-refractivity contribution in [3.8, 4) is 0 Å². The fourth-order valence-electron chi connectivity index (χ4n) is 2.62. The van der Waals surface area contributed by atoms with E-state index in [1.165, 1.54) is 23.0 Å². The second-order valence-corrected chi connectivity index (χ2v) is 6.33. The molecule has 0 spiro atoms. The van der Waals surface area contributed by atoms with Crippen molar-refractivity contribution in [1.82, 2.24) is 30.9 Å². The number of halogens is 2. The highest BCUT2D eigenvalue weighted by Crippen LogP contribution is 2.18. The summed E-state index contributed by atoms with van der Waals surface area (Å²) in [6, 6.07) is 3.16. The van der Waals surface area contributed by atoms with Gasteiger partial charge in [-0.1, -0.05) is 22.9 Å². The van der Waals surface area contributed by atoms with Gasteiger partial charge in [-0.05, 0) is 18.6 Å². The van der Waals surface area contributed by atoms with Crippen LogP contribution in [-0.2, 0) is 29.0 Å². The predicted molar refractivity (Wildman–Crippen MR) is 92.3 cm³/mol. The number of imide groups is 1. The Morgan fingerprint density at radius 3 is 2.89 bits per heavy atom. The van der Waals surface area contributed by atoms with Gasteiger partial charge in [0, 0.05) is 29.7 Å². The highest BCUT2D eigenvalue weighted by Gasteiger charge is 2.30. The summed E-state index contributed by atoms with van der Waals surface area (Å²) in [5.74, 6) is -1.18. The number of hydrogen-bond donors (Lipinski definition) is 3. The standard InChI is InChI=1S/C16H16ClFN6O3/c17-11-2-1-3-12(18)10(11)4-5-19-14(25)8-24-7-9(22-23-24)6-13-15(26)21-16(27)20-13/h1-3,7,13H,4-6,8H2,(H,19,25)(H2,20,21,26,27)/t13-/m1/s1. The van der Waals surface area contributed by atoms with Crippen molar-refractivity contribution < 1.29 is 18.8 Å². The molecule has 1 aliphatic rings. The maximum Gasteiger partial charge on any atom is 0.322 e. The number of hydrogen-bond acceptors (Lipinski definition) is 5. The molecule has 0 bridgehead atoms. The van der Waals surface area contributed by atoms with Crippen LogP contribution in [0.2, 0.25) is 5.02 Å². The number of nitrogens with zero attached hydrogens (tertiary/aromatic N) is 3. The molecule has 0 radical (unpaired) electrons. The molecule has 1 fully saturated rings. The van der Waals surface area contributed by atoms with Crippen molar-refractivity contribution in [2.24, 2.45) is 0 Å². The van der Waals surface area contributed by atoms with Gasteiger partial charge in [-0.25, -0.2) is 13.9 Å². The minimum atomic E-state index is -0.706. The Morgan fingerprint density at radius 2 is 2.19 bits per heavy atom. The Hall–Kier alpha value is -3.01. The van der Waals surface area contributed by atoms with E-state index in [1.807, 2.05) is 0 Å². The molecule has 2 aromatic rings. The van der Waals surface area contributed by atoms with Crippen LogP contribution in [0.25, 0.3) is 0 Å². The van der Waals surface area contributed by atoms with Gasteiger partial charge in [0.2, 0.25) is 5.91 Å². The van der Waals surface area contributed by atoms with E-state index in [0.717, 1.165) is 0 Å². The lowest BCUT2D eigenvalue weighted by atomic mass is 10.1. The van der Waals surface area contributed by atoms with Gasteiger partial charge in [-0.2, -0.15) is 0 Å². The zero-order chi connectivity index (χ0) is 19.4. The average Bonchev–Trinajstić information content (AvgIpc) is 3.16. The van der Waals surface area contributed by atoms with Gasteiger partial charge in [0.15, 0.2) is 0 Å². The lowest BCUT2D eigenvalue weighted by Crippen LogP contribution is -2.31. The molecule has 0 unspecified atom stereocenters. The van der Waals surface area contributed by atoms with Crippen LogP contribution in [0.5, 0.6) is 0 Å². The monoisotopic (exact) mass is 394 g/mol. The number of rotatable bonds is 7. The SMILES string of the molecule is O=C(Cn1cc(C[C@H]2NC(=O)NC2=O)nn1)NCCc1c(F)cccc1Cl. The van der Waals surface area contributed by atoms with Gasteiger partial charge in [0.05, 0.1) is 5.69 Å². The lowest BCUT2D eigenvalue weighted by molar-refractivity contribution is -0.122. The van der Waals surface area contributed by atoms with Gasteiger partial charge in [-0.15, -0.1) is 5.10 Å². The van der Waals surface area contributed by atoms with Crippen LogP contribution in [0.1, 0.15) is 11.3 Å². The minimum Gasteiger partial charge on any atom is -0.354 e. The molecule has 9 nitrogen and oxygen atoms in total. The van der Waals surface area contributed by atoms with Crippen LogP contribution in [0.3, 0.4) is 0 Å². The summed E-state index contributed by atoms with van der Waals surface area (Å²) in [6.07, 6.45) is 1.95. The molecule has 1 aliphatic heterocycles. The highest BCUT2D eigenvalue weighted by molar-refractivity contribution is 6.31. The molecule has 0 saturated carbocycles. The zero-order valence-electron chi connectivity index (χ0n) is 14.0. The van der Waals surface area contributed by atoms with Crippen molar-refractivity contribution in [2.45, 2.75) is 25.4 Å². The predicted octanol–water partition coefficient (Wildman–Crippen LogP) is 0.180. The summed E-state index contributed by atoms with van der Waals surface area (Å²) in [7, 11) is 0. The Balaban J connectivity index is 1.47. The Kier molecular flexibility index (Phi) is 5.65. The van der Waals surface area contributed by atoms with Crippen LogP contribution in [0, 0.1) is 5.82 Å². The molecule has 3 N–H and O–H groups in total. The number of urea groups is 1. The summed E-state index contributed by atoms with van der Waals surface area (Å²) >= 11 is 5.94. The fourth-order valence-corrected chi connectivity index (χ4v) is 2.88. The molecule has 27 heavy (non-hydrogen) atoms. The third kappa shape index (κ3) is 4.79. The zero-order valence-corrected chi connectivity index (χ0v) is 14.8. The second-order valence-electron chi connectivity index (χ2n) is 5.93. The molecule has 0 aliphatic carbocycles. The molecule has 1 atom stereocenters. The van der Waals surface area contributed by atoms with Gasteiger partial charge < -0.3 is 10.6 Å². The first kappa shape index (κ1) is 18.8. The quantitative estimate of drug-likeness (QED) is 0.579. The molecular formula is C16H16ClFN6O3. The summed E-state index contributed by atoms with van der Waals surface area (Å²) in [4.78, 5) is 34.6. The molecule has 142 valence electrons. The number of aromatic nitrogens is 3. The fraction of sp³-hybridized carbons (Fsp3) is 0.312. The molecule has 11 heteroatoms. The minimum absolute atomic E-state index is 0.0821. The van der Waals surface area contributed by atoms with E-state index in [1.54, 1.807) is 6.07 Å². The van der Waals surface area contributed by atoms with Gasteiger partial charge in [-0.3, -0.25) is 14.9 Å². The van der Waals surface area contributed by atoms with E-state index in [0.29, 0.717) is 16.3 Å². The number of benzene rings is 1. The van der Waals surface area contributed by atoms with Crippen molar-refractivity contribution in [3.05, 3.63) is 46.5 Å². The molecule has 1 aromatic heterocycles. The molecule has 4 amide bonds. The highest BCUT2D eigenvalue weighted by atomic mass is 35.5. The van der Waals surface area contributed by atoms with Crippen LogP contribution >= 0.6 is 11.6 Å². The normalized spacial score (nSPS) is 16.1. The van der Waals surface area contributed by atoms with E-state index < -0.39 is 23.8 Å². The summed E-state index contributed by atoms with van der Waals surface area (Å²) in [6.45, 7) is 0.135. The first-order chi connectivity index (χ1) is 12.9. The van der Waals surface area contributed by atoms with Crippen LogP contribution in [0.4, 0.5) is 9.18 Å². The molecule has 1 aromatic carbocycles. The largest absolute Gasteiger partial charge is 0.354 e. The third-order valence-electron chi connectivity index (χ3n) is 3.92. The number of nitrogens with one attached hydrogen (secondary N) is 3.